The van der Waals surface area contributed by atoms with Crippen molar-refractivity contribution in [2.24, 2.45) is 0 Å². The minimum atomic E-state index is -0.172. The zero-order valence-electron chi connectivity index (χ0n) is 17.0. The van der Waals surface area contributed by atoms with Crippen molar-refractivity contribution in [3.05, 3.63) is 98.5 Å². The largest absolute Gasteiger partial charge is 0.311 e. The average Bonchev–Trinajstić information content (AvgIpc) is 2.99. The number of hydrogen-bond acceptors (Lipinski definition) is 3. The van der Waals surface area contributed by atoms with E-state index in [1.807, 2.05) is 67.6 Å². The van der Waals surface area contributed by atoms with Gasteiger partial charge < -0.3 is 4.90 Å². The van der Waals surface area contributed by atoms with Crippen LogP contribution in [0, 0.1) is 6.92 Å². The summed E-state index contributed by atoms with van der Waals surface area (Å²) in [7, 11) is 1.75. The van der Waals surface area contributed by atoms with Crippen molar-refractivity contribution < 1.29 is 4.79 Å². The molecule has 0 fully saturated rings. The van der Waals surface area contributed by atoms with Gasteiger partial charge in [0, 0.05) is 17.1 Å². The number of rotatable bonds is 2. The van der Waals surface area contributed by atoms with Crippen LogP contribution >= 0.6 is 15.9 Å². The van der Waals surface area contributed by atoms with Crippen molar-refractivity contribution in [1.29, 1.82) is 0 Å². The van der Waals surface area contributed by atoms with E-state index in [-0.39, 0.29) is 11.5 Å². The maximum Gasteiger partial charge on any atom is 0.266 e. The number of hydrogen-bond donors (Lipinski definition) is 0. The van der Waals surface area contributed by atoms with Gasteiger partial charge in [0.25, 0.3) is 11.5 Å². The minimum Gasteiger partial charge on any atom is -0.311 e. The third kappa shape index (κ3) is 3.20. The van der Waals surface area contributed by atoms with Gasteiger partial charge in [0.2, 0.25) is 0 Å². The maximum absolute atomic E-state index is 13.4. The molecule has 0 atom stereocenters. The summed E-state index contributed by atoms with van der Waals surface area (Å²) in [6.07, 6.45) is 1.71. The van der Waals surface area contributed by atoms with E-state index in [0.717, 1.165) is 21.3 Å². The van der Waals surface area contributed by atoms with Crippen molar-refractivity contribution in [1.82, 2.24) is 9.55 Å². The van der Waals surface area contributed by atoms with E-state index in [4.69, 9.17) is 4.98 Å². The summed E-state index contributed by atoms with van der Waals surface area (Å²) in [6, 6.07) is 20.7. The molecule has 3 aromatic carbocycles. The first kappa shape index (κ1) is 19.5. The first-order valence-corrected chi connectivity index (χ1v) is 10.6. The molecule has 5 rings (SSSR count). The third-order valence-corrected chi connectivity index (χ3v) is 6.01. The van der Waals surface area contributed by atoms with Gasteiger partial charge in [-0.15, -0.1) is 0 Å². The number of anilines is 1. The number of fused-ring (bicyclic) bond motifs is 2. The predicted molar refractivity (Wildman–Crippen MR) is 128 cm³/mol. The molecule has 1 amide bonds. The number of aryl methyl sites for hydroxylation is 1. The number of carbonyl (C=O) groups is 1. The van der Waals surface area contributed by atoms with E-state index < -0.39 is 0 Å². The van der Waals surface area contributed by atoms with Gasteiger partial charge in [-0.2, -0.15) is 0 Å². The summed E-state index contributed by atoms with van der Waals surface area (Å²) < 4.78 is 2.44. The van der Waals surface area contributed by atoms with Gasteiger partial charge in [0.05, 0.1) is 27.9 Å². The second-order valence-electron chi connectivity index (χ2n) is 7.55. The van der Waals surface area contributed by atoms with Crippen LogP contribution in [0.2, 0.25) is 0 Å². The Balaban J connectivity index is 1.82. The van der Waals surface area contributed by atoms with Crippen LogP contribution in [-0.4, -0.2) is 22.5 Å². The molecule has 31 heavy (non-hydrogen) atoms. The first-order valence-electron chi connectivity index (χ1n) is 9.82. The molecule has 1 aromatic heterocycles. The van der Waals surface area contributed by atoms with Gasteiger partial charge in [-0.3, -0.25) is 14.2 Å². The molecule has 0 aliphatic carbocycles. The zero-order chi connectivity index (χ0) is 21.7. The van der Waals surface area contributed by atoms with E-state index in [1.54, 1.807) is 28.7 Å². The van der Waals surface area contributed by atoms with E-state index in [2.05, 4.69) is 15.9 Å². The molecular weight excluding hydrogens is 454 g/mol. The highest BCUT2D eigenvalue weighted by Crippen LogP contribution is 2.38. The molecule has 0 saturated carbocycles. The Labute approximate surface area is 187 Å². The van der Waals surface area contributed by atoms with Crippen LogP contribution in [0.1, 0.15) is 17.0 Å². The summed E-state index contributed by atoms with van der Waals surface area (Å²) in [5.74, 6) is 0.281. The normalized spacial score (nSPS) is 14.5. The van der Waals surface area contributed by atoms with E-state index >= 15 is 0 Å². The standard InChI is InChI=1S/C25H18BrN3O2/c1-15-7-10-17(11-8-15)29-23(27-21-6-4-3-5-18(21)25(29)31)14-20-19-13-16(26)9-12-22(19)28(2)24(20)30/h3-14H,1-2H3/b20-14+. The molecule has 0 radical (unpaired) electrons. The SMILES string of the molecule is Cc1ccc(-n2c(/C=C3/C(=O)N(C)c4ccc(Br)cc43)nc3ccccc3c2=O)cc1. The van der Waals surface area contributed by atoms with Crippen LogP contribution in [0.15, 0.2) is 76.0 Å². The van der Waals surface area contributed by atoms with Crippen LogP contribution in [0.3, 0.4) is 0 Å². The fourth-order valence-corrected chi connectivity index (χ4v) is 4.24. The van der Waals surface area contributed by atoms with Crippen molar-refractivity contribution in [3.8, 4) is 5.69 Å². The lowest BCUT2D eigenvalue weighted by atomic mass is 10.1. The Hall–Kier alpha value is -3.51. The zero-order valence-corrected chi connectivity index (χ0v) is 18.6. The average molecular weight is 472 g/mol. The monoisotopic (exact) mass is 471 g/mol. The van der Waals surface area contributed by atoms with Crippen LogP contribution in [0.25, 0.3) is 28.2 Å². The van der Waals surface area contributed by atoms with E-state index in [1.165, 1.54) is 0 Å². The summed E-state index contributed by atoms with van der Waals surface area (Å²) in [4.78, 5) is 32.9. The Bertz CT molecular complexity index is 1450. The molecule has 5 nitrogen and oxygen atoms in total. The lowest BCUT2D eigenvalue weighted by Crippen LogP contribution is -2.23. The molecule has 1 aliphatic rings. The lowest BCUT2D eigenvalue weighted by Gasteiger charge is -2.12. The summed E-state index contributed by atoms with van der Waals surface area (Å²) >= 11 is 3.49. The Morgan fingerprint density at radius 1 is 0.968 bits per heavy atom. The molecule has 6 heteroatoms. The van der Waals surface area contributed by atoms with Crippen molar-refractivity contribution in [2.45, 2.75) is 6.92 Å². The van der Waals surface area contributed by atoms with Crippen LogP contribution in [0.5, 0.6) is 0 Å². The maximum atomic E-state index is 13.4. The van der Waals surface area contributed by atoms with Crippen molar-refractivity contribution in [2.75, 3.05) is 11.9 Å². The quantitative estimate of drug-likeness (QED) is 0.387. The number of carbonyl (C=O) groups excluding carboxylic acids is 1. The van der Waals surface area contributed by atoms with Crippen molar-refractivity contribution >= 4 is 50.1 Å². The van der Waals surface area contributed by atoms with Crippen LogP contribution in [0.4, 0.5) is 5.69 Å². The molecule has 1 aliphatic heterocycles. The van der Waals surface area contributed by atoms with Gasteiger partial charge in [-0.25, -0.2) is 4.98 Å². The predicted octanol–water partition coefficient (Wildman–Crippen LogP) is 4.97. The second-order valence-corrected chi connectivity index (χ2v) is 8.46. The number of aromatic nitrogens is 2. The summed E-state index contributed by atoms with van der Waals surface area (Å²) in [5.41, 5.74) is 4.35. The van der Waals surface area contributed by atoms with Gasteiger partial charge in [0.15, 0.2) is 0 Å². The first-order chi connectivity index (χ1) is 14.9. The fourth-order valence-electron chi connectivity index (χ4n) is 3.88. The number of nitrogens with zero attached hydrogens (tertiary/aromatic N) is 3. The van der Waals surface area contributed by atoms with Crippen LogP contribution in [-0.2, 0) is 4.79 Å². The Morgan fingerprint density at radius 3 is 2.48 bits per heavy atom. The summed E-state index contributed by atoms with van der Waals surface area (Å²) in [5, 5.41) is 0.531. The molecule has 4 aromatic rings. The number of halogens is 1. The van der Waals surface area contributed by atoms with Gasteiger partial charge in [0.1, 0.15) is 5.82 Å². The lowest BCUT2D eigenvalue weighted by molar-refractivity contribution is -0.112. The van der Waals surface area contributed by atoms with Gasteiger partial charge >= 0.3 is 0 Å². The Kier molecular flexibility index (Phi) is 4.59. The molecule has 0 unspecified atom stereocenters. The Morgan fingerprint density at radius 2 is 1.71 bits per heavy atom. The fraction of sp³-hybridized carbons (Fsp3) is 0.0800. The number of para-hydroxylation sites is 1. The molecule has 0 spiro atoms. The number of amides is 1. The van der Waals surface area contributed by atoms with E-state index in [0.29, 0.717) is 28.0 Å². The summed E-state index contributed by atoms with van der Waals surface area (Å²) in [6.45, 7) is 2.00. The highest BCUT2D eigenvalue weighted by molar-refractivity contribution is 9.10. The number of benzene rings is 3. The molecule has 152 valence electrons. The van der Waals surface area contributed by atoms with E-state index in [9.17, 15) is 9.59 Å². The van der Waals surface area contributed by atoms with Crippen LogP contribution < -0.4 is 10.5 Å². The second kappa shape index (κ2) is 7.32. The topological polar surface area (TPSA) is 55.2 Å². The number of likely N-dealkylation sites (N-methyl/N-ethyl adjacent to an activating group) is 1. The molecule has 0 N–H and O–H groups in total. The molecule has 0 saturated heterocycles. The van der Waals surface area contributed by atoms with Crippen molar-refractivity contribution in [3.63, 3.8) is 0 Å². The highest BCUT2D eigenvalue weighted by atomic mass is 79.9. The van der Waals surface area contributed by atoms with Gasteiger partial charge in [-0.1, -0.05) is 45.8 Å². The molecular formula is C25H18BrN3O2. The third-order valence-electron chi connectivity index (χ3n) is 5.51. The molecule has 0 bridgehead atoms. The minimum absolute atomic E-state index is 0.133. The highest BCUT2D eigenvalue weighted by Gasteiger charge is 2.30. The van der Waals surface area contributed by atoms with Gasteiger partial charge in [-0.05, 0) is 55.5 Å². The molecule has 2 heterocycles. The smallest absolute Gasteiger partial charge is 0.266 e.